The van der Waals surface area contributed by atoms with Crippen LogP contribution in [0, 0.1) is 45.8 Å². The lowest BCUT2D eigenvalue weighted by Crippen LogP contribution is -2.55. The van der Waals surface area contributed by atoms with Gasteiger partial charge in [-0.3, -0.25) is 9.59 Å². The monoisotopic (exact) mass is 502 g/mol. The van der Waals surface area contributed by atoms with Gasteiger partial charge in [0.05, 0.1) is 12.7 Å². The van der Waals surface area contributed by atoms with Crippen LogP contribution in [-0.4, -0.2) is 65.7 Å². The van der Waals surface area contributed by atoms with Gasteiger partial charge in [-0.25, -0.2) is 0 Å². The van der Waals surface area contributed by atoms with Crippen LogP contribution in [-0.2, 0) is 9.59 Å². The first-order valence-corrected chi connectivity index (χ1v) is 14.2. The summed E-state index contributed by atoms with van der Waals surface area (Å²) >= 11 is 0. The number of amides is 1. The fourth-order valence-electron chi connectivity index (χ4n) is 9.08. The van der Waals surface area contributed by atoms with E-state index >= 15 is 0 Å². The summed E-state index contributed by atoms with van der Waals surface area (Å²) in [7, 11) is 4.13. The molecule has 0 aromatic heterocycles. The van der Waals surface area contributed by atoms with Crippen molar-refractivity contribution in [1.29, 1.82) is 0 Å². The fraction of sp³-hybridized carbons (Fsp3) is 0.867. The van der Waals surface area contributed by atoms with Gasteiger partial charge in [0.2, 0.25) is 5.91 Å². The van der Waals surface area contributed by atoms with Gasteiger partial charge in [0.15, 0.2) is 0 Å². The second-order valence-electron chi connectivity index (χ2n) is 13.9. The van der Waals surface area contributed by atoms with Gasteiger partial charge < -0.3 is 20.4 Å². The van der Waals surface area contributed by atoms with Gasteiger partial charge in [0, 0.05) is 41.7 Å². The number of hydrogen-bond acceptors (Lipinski definition) is 5. The molecule has 0 aromatic rings. The summed E-state index contributed by atoms with van der Waals surface area (Å²) in [6.07, 6.45) is 6.41. The number of nitrogens with zero attached hydrogens (tertiary/aromatic N) is 1. The molecule has 1 amide bonds. The normalized spacial score (nSPS) is 45.4. The van der Waals surface area contributed by atoms with E-state index in [1.54, 1.807) is 0 Å². The summed E-state index contributed by atoms with van der Waals surface area (Å²) < 4.78 is 0. The summed E-state index contributed by atoms with van der Waals surface area (Å²) in [5.41, 5.74) is 0.486. The second-order valence-corrected chi connectivity index (χ2v) is 13.9. The Morgan fingerprint density at radius 2 is 1.83 bits per heavy atom. The molecule has 0 bridgehead atoms. The molecule has 0 heterocycles. The molecule has 204 valence electrons. The van der Waals surface area contributed by atoms with Crippen LogP contribution in [0.4, 0.5) is 0 Å². The summed E-state index contributed by atoms with van der Waals surface area (Å²) in [5, 5.41) is 25.3. The first kappa shape index (κ1) is 27.8. The average Bonchev–Trinajstić information content (AvgIpc) is 2.92. The fourth-order valence-corrected chi connectivity index (χ4v) is 9.08. The largest absolute Gasteiger partial charge is 0.396 e. The van der Waals surface area contributed by atoms with E-state index in [-0.39, 0.29) is 65.0 Å². The molecule has 3 N–H and O–H groups in total. The zero-order chi connectivity index (χ0) is 26.8. The number of rotatable bonds is 5. The molecular formula is C30H50N2O4. The third kappa shape index (κ3) is 4.01. The number of fused-ring (bicyclic) bond motifs is 4. The van der Waals surface area contributed by atoms with E-state index in [1.165, 1.54) is 5.57 Å². The van der Waals surface area contributed by atoms with Crippen molar-refractivity contribution in [3.63, 3.8) is 0 Å². The summed E-state index contributed by atoms with van der Waals surface area (Å²) in [6.45, 7) is 12.7. The van der Waals surface area contributed by atoms with Crippen LogP contribution < -0.4 is 5.32 Å². The Balaban J connectivity index is 1.68. The maximum Gasteiger partial charge on any atom is 0.222 e. The topological polar surface area (TPSA) is 89.9 Å². The van der Waals surface area contributed by atoms with Crippen molar-refractivity contribution < 1.29 is 19.8 Å². The van der Waals surface area contributed by atoms with Gasteiger partial charge in [-0.1, -0.05) is 46.3 Å². The van der Waals surface area contributed by atoms with Crippen LogP contribution in [0.3, 0.4) is 0 Å². The Hall–Kier alpha value is -1.24. The highest BCUT2D eigenvalue weighted by atomic mass is 16.3. The Morgan fingerprint density at radius 1 is 1.17 bits per heavy atom. The minimum atomic E-state index is -0.452. The molecule has 6 nitrogen and oxygen atoms in total. The van der Waals surface area contributed by atoms with Crippen LogP contribution in [0.25, 0.3) is 0 Å². The Morgan fingerprint density at radius 3 is 2.42 bits per heavy atom. The lowest BCUT2D eigenvalue weighted by Gasteiger charge is -2.56. The minimum Gasteiger partial charge on any atom is -0.396 e. The number of aliphatic hydroxyl groups is 2. The highest BCUT2D eigenvalue weighted by molar-refractivity contribution is 5.84. The molecule has 4 rings (SSSR count). The molecule has 10 atom stereocenters. The third-order valence-electron chi connectivity index (χ3n) is 11.7. The first-order valence-electron chi connectivity index (χ1n) is 14.2. The number of carbonyl (C=O) groups is 2. The SMILES string of the molecule is CC(C)C(=O)N[C@H]1CC=C2CC3C(=O)C[C@]4(C)[C@@H](C(C)N(C)C)[C@H](O)C[C@@]4(C)C3CCC2[C@]1(C)CO. The predicted octanol–water partition coefficient (Wildman–Crippen LogP) is 3.80. The Kier molecular flexibility index (Phi) is 7.33. The summed E-state index contributed by atoms with van der Waals surface area (Å²) in [5.74, 6) is 0.679. The molecule has 0 saturated heterocycles. The molecule has 4 aliphatic rings. The Labute approximate surface area is 218 Å². The van der Waals surface area contributed by atoms with Gasteiger partial charge in [-0.15, -0.1) is 0 Å². The summed E-state index contributed by atoms with van der Waals surface area (Å²) in [4.78, 5) is 28.6. The van der Waals surface area contributed by atoms with Gasteiger partial charge in [-0.2, -0.15) is 0 Å². The molecule has 0 spiro atoms. The number of allylic oxidation sites excluding steroid dienone is 1. The lowest BCUT2D eigenvalue weighted by molar-refractivity contribution is -0.147. The van der Waals surface area contributed by atoms with E-state index in [9.17, 15) is 19.8 Å². The molecule has 4 unspecified atom stereocenters. The maximum absolute atomic E-state index is 13.9. The smallest absolute Gasteiger partial charge is 0.222 e. The molecule has 4 aliphatic carbocycles. The summed E-state index contributed by atoms with van der Waals surface area (Å²) in [6, 6.07) is 0.0803. The molecule has 0 aliphatic heterocycles. The molecule has 3 fully saturated rings. The first-order chi connectivity index (χ1) is 16.7. The van der Waals surface area contributed by atoms with Crippen molar-refractivity contribution in [2.75, 3.05) is 20.7 Å². The molecule has 36 heavy (non-hydrogen) atoms. The van der Waals surface area contributed by atoms with Crippen LogP contribution >= 0.6 is 0 Å². The molecule has 0 aromatic carbocycles. The van der Waals surface area contributed by atoms with Gasteiger partial charge in [0.1, 0.15) is 5.78 Å². The van der Waals surface area contributed by atoms with Gasteiger partial charge in [-0.05, 0) is 75.8 Å². The van der Waals surface area contributed by atoms with Crippen molar-refractivity contribution >= 4 is 11.7 Å². The van der Waals surface area contributed by atoms with E-state index in [1.807, 2.05) is 13.8 Å². The third-order valence-corrected chi connectivity index (χ3v) is 11.7. The van der Waals surface area contributed by atoms with Crippen LogP contribution in [0.2, 0.25) is 0 Å². The number of aliphatic hydroxyl groups excluding tert-OH is 2. The van der Waals surface area contributed by atoms with Crippen molar-refractivity contribution in [2.45, 2.75) is 98.3 Å². The number of nitrogens with one attached hydrogen (secondary N) is 1. The van der Waals surface area contributed by atoms with E-state index in [0.717, 1.165) is 25.7 Å². The highest BCUT2D eigenvalue weighted by Gasteiger charge is 2.67. The zero-order valence-corrected chi connectivity index (χ0v) is 23.8. The van der Waals surface area contributed by atoms with Gasteiger partial charge >= 0.3 is 0 Å². The van der Waals surface area contributed by atoms with E-state index in [2.05, 4.69) is 58.1 Å². The quantitative estimate of drug-likeness (QED) is 0.498. The van der Waals surface area contributed by atoms with E-state index in [0.29, 0.717) is 18.6 Å². The van der Waals surface area contributed by atoms with Gasteiger partial charge in [0.25, 0.3) is 0 Å². The van der Waals surface area contributed by atoms with Crippen molar-refractivity contribution in [2.24, 2.45) is 45.8 Å². The Bertz CT molecular complexity index is 915. The average molecular weight is 503 g/mol. The van der Waals surface area contributed by atoms with Crippen LogP contribution in [0.15, 0.2) is 11.6 Å². The number of hydrogen-bond donors (Lipinski definition) is 3. The standard InChI is InChI=1S/C30H50N2O4/c1-17(2)27(36)31-25-12-9-19-13-20-22(11-10-21(19)28(25,4)16-33)29(5)15-24(35)26(18(3)32(7)8)30(29,6)14-23(20)34/h9,17-18,20-22,24-26,33,35H,10-16H2,1-8H3,(H,31,36)/t18?,20?,21?,22?,24-,25+,26+,28+,29+,30-/m1/s1. The predicted molar refractivity (Wildman–Crippen MR) is 142 cm³/mol. The molecule has 0 radical (unpaired) electrons. The van der Waals surface area contributed by atoms with E-state index in [4.69, 9.17) is 0 Å². The zero-order valence-electron chi connectivity index (χ0n) is 23.8. The van der Waals surface area contributed by atoms with Crippen molar-refractivity contribution in [3.8, 4) is 0 Å². The number of carbonyl (C=O) groups excluding carboxylic acids is 2. The van der Waals surface area contributed by atoms with Crippen molar-refractivity contribution in [3.05, 3.63) is 11.6 Å². The second kappa shape index (κ2) is 9.50. The highest BCUT2D eigenvalue weighted by Crippen LogP contribution is 2.69. The number of Topliss-reactive ketones (excluding diaryl/α,β-unsaturated/α-hetero) is 1. The van der Waals surface area contributed by atoms with Crippen LogP contribution in [0.1, 0.15) is 80.1 Å². The molecule has 3 saturated carbocycles. The van der Waals surface area contributed by atoms with E-state index < -0.39 is 11.5 Å². The minimum absolute atomic E-state index is 0.0114. The molecular weight excluding hydrogens is 452 g/mol. The van der Waals surface area contributed by atoms with Crippen LogP contribution in [0.5, 0.6) is 0 Å². The molecule has 6 heteroatoms. The number of ketones is 1. The van der Waals surface area contributed by atoms with Crippen molar-refractivity contribution in [1.82, 2.24) is 10.2 Å². The lowest BCUT2D eigenvalue weighted by atomic mass is 9.48. The maximum atomic E-state index is 13.9.